The first kappa shape index (κ1) is 18.3. The van der Waals surface area contributed by atoms with Gasteiger partial charge in [-0.1, -0.05) is 54.8 Å². The fraction of sp³-hybridized carbons (Fsp3) is 0.500. The third kappa shape index (κ3) is 5.75. The molecule has 1 aliphatic carbocycles. The van der Waals surface area contributed by atoms with Crippen molar-refractivity contribution < 1.29 is 9.21 Å². The minimum atomic E-state index is -0.0311. The van der Waals surface area contributed by atoms with E-state index in [9.17, 15) is 4.79 Å². The highest BCUT2D eigenvalue weighted by molar-refractivity contribution is 7.99. The van der Waals surface area contributed by atoms with E-state index < -0.39 is 0 Å². The molecule has 0 aliphatic heterocycles. The summed E-state index contributed by atoms with van der Waals surface area (Å²) < 4.78 is 5.71. The molecule has 25 heavy (non-hydrogen) atoms. The molecule has 7 heteroatoms. The Labute approximate surface area is 156 Å². The Hall–Kier alpha value is -1.53. The van der Waals surface area contributed by atoms with E-state index >= 15 is 0 Å². The first-order valence-electron chi connectivity index (χ1n) is 8.68. The Kier molecular flexibility index (Phi) is 6.76. The second-order valence-corrected chi connectivity index (χ2v) is 7.62. The van der Waals surface area contributed by atoms with Gasteiger partial charge in [0.1, 0.15) is 0 Å². The van der Waals surface area contributed by atoms with Gasteiger partial charge >= 0.3 is 0 Å². The van der Waals surface area contributed by atoms with Crippen molar-refractivity contribution in [2.75, 3.05) is 12.3 Å². The number of nitrogens with one attached hydrogen (secondary N) is 1. The number of rotatable bonds is 7. The monoisotopic (exact) mass is 379 g/mol. The van der Waals surface area contributed by atoms with Crippen molar-refractivity contribution in [2.45, 2.75) is 49.7 Å². The Balaban J connectivity index is 1.37. The number of aromatic nitrogens is 2. The summed E-state index contributed by atoms with van der Waals surface area (Å²) in [5, 5.41) is 12.3. The molecular formula is C18H22ClN3O2S. The molecule has 1 amide bonds. The molecule has 5 nitrogen and oxygen atoms in total. The number of nitrogens with zero attached hydrogens (tertiary/aromatic N) is 2. The van der Waals surface area contributed by atoms with Gasteiger partial charge in [-0.2, -0.15) is 0 Å². The first-order valence-corrected chi connectivity index (χ1v) is 10.0. The molecule has 1 fully saturated rings. The number of halogens is 1. The fourth-order valence-corrected chi connectivity index (χ4v) is 3.69. The number of thioether (sulfide) groups is 1. The van der Waals surface area contributed by atoms with E-state index in [2.05, 4.69) is 15.5 Å². The lowest BCUT2D eigenvalue weighted by Gasteiger charge is -2.17. The van der Waals surface area contributed by atoms with Crippen molar-refractivity contribution in [3.05, 3.63) is 40.7 Å². The van der Waals surface area contributed by atoms with Crippen LogP contribution in [0, 0.1) is 0 Å². The van der Waals surface area contributed by atoms with Crippen molar-refractivity contribution in [3.63, 3.8) is 0 Å². The van der Waals surface area contributed by atoms with Gasteiger partial charge in [-0.15, -0.1) is 10.2 Å². The Morgan fingerprint density at radius 3 is 2.72 bits per heavy atom. The van der Waals surface area contributed by atoms with Crippen LogP contribution in [0.4, 0.5) is 0 Å². The lowest BCUT2D eigenvalue weighted by Crippen LogP contribution is -2.27. The van der Waals surface area contributed by atoms with Crippen molar-refractivity contribution in [2.24, 2.45) is 0 Å². The number of hydrogen-bond acceptors (Lipinski definition) is 5. The van der Waals surface area contributed by atoms with Crippen LogP contribution in [-0.2, 0) is 11.2 Å². The van der Waals surface area contributed by atoms with Gasteiger partial charge in [-0.25, -0.2) is 0 Å². The molecule has 1 N–H and O–H groups in total. The Bertz CT molecular complexity index is 684. The summed E-state index contributed by atoms with van der Waals surface area (Å²) in [4.78, 5) is 11.9. The maximum absolute atomic E-state index is 11.9. The number of benzene rings is 1. The average molecular weight is 380 g/mol. The number of hydrogen-bond donors (Lipinski definition) is 1. The van der Waals surface area contributed by atoms with Crippen molar-refractivity contribution in [3.8, 4) is 0 Å². The third-order valence-electron chi connectivity index (χ3n) is 4.35. The largest absolute Gasteiger partial charge is 0.416 e. The van der Waals surface area contributed by atoms with Crippen LogP contribution in [0.3, 0.4) is 0 Å². The van der Waals surface area contributed by atoms with E-state index in [-0.39, 0.29) is 11.7 Å². The second kappa shape index (κ2) is 9.25. The molecule has 1 aromatic heterocycles. The van der Waals surface area contributed by atoms with Crippen LogP contribution in [-0.4, -0.2) is 28.4 Å². The number of amides is 1. The highest BCUT2D eigenvalue weighted by Crippen LogP contribution is 2.32. The number of carbonyl (C=O) groups is 1. The maximum atomic E-state index is 11.9. The van der Waals surface area contributed by atoms with Crippen LogP contribution in [0.25, 0.3) is 0 Å². The van der Waals surface area contributed by atoms with Crippen molar-refractivity contribution in [1.82, 2.24) is 15.5 Å². The SMILES string of the molecule is O=C(CSc1nnc(C2CCCCC2)o1)NCCc1ccc(Cl)cc1. The standard InChI is InChI=1S/C18H22ClN3O2S/c19-15-8-6-13(7-9-15)10-11-20-16(23)12-25-18-22-21-17(24-18)14-4-2-1-3-5-14/h6-9,14H,1-5,10-12H2,(H,20,23). The summed E-state index contributed by atoms with van der Waals surface area (Å²) in [7, 11) is 0. The molecule has 1 aromatic carbocycles. The third-order valence-corrected chi connectivity index (χ3v) is 5.42. The van der Waals surface area contributed by atoms with Gasteiger partial charge in [0, 0.05) is 17.5 Å². The normalized spacial score (nSPS) is 15.2. The molecule has 1 saturated carbocycles. The van der Waals surface area contributed by atoms with Gasteiger partial charge in [0.15, 0.2) is 0 Å². The van der Waals surface area contributed by atoms with Gasteiger partial charge in [0.25, 0.3) is 5.22 Å². The van der Waals surface area contributed by atoms with E-state index in [0.29, 0.717) is 17.7 Å². The Morgan fingerprint density at radius 1 is 1.20 bits per heavy atom. The van der Waals surface area contributed by atoms with Crippen LogP contribution < -0.4 is 5.32 Å². The van der Waals surface area contributed by atoms with Gasteiger partial charge in [-0.3, -0.25) is 4.79 Å². The first-order chi connectivity index (χ1) is 12.2. The predicted octanol–water partition coefficient (Wildman–Crippen LogP) is 4.22. The molecule has 1 heterocycles. The maximum Gasteiger partial charge on any atom is 0.277 e. The molecule has 0 unspecified atom stereocenters. The molecule has 3 rings (SSSR count). The van der Waals surface area contributed by atoms with Crippen molar-refractivity contribution in [1.29, 1.82) is 0 Å². The van der Waals surface area contributed by atoms with E-state index in [0.717, 1.165) is 35.7 Å². The van der Waals surface area contributed by atoms with E-state index in [1.807, 2.05) is 24.3 Å². The zero-order valence-electron chi connectivity index (χ0n) is 14.0. The predicted molar refractivity (Wildman–Crippen MR) is 99.0 cm³/mol. The van der Waals surface area contributed by atoms with Crippen LogP contribution in [0.5, 0.6) is 0 Å². The molecular weight excluding hydrogens is 358 g/mol. The summed E-state index contributed by atoms with van der Waals surface area (Å²) >= 11 is 7.15. The van der Waals surface area contributed by atoms with Gasteiger partial charge < -0.3 is 9.73 Å². The molecule has 134 valence electrons. The van der Waals surface area contributed by atoms with Crippen LogP contribution >= 0.6 is 23.4 Å². The summed E-state index contributed by atoms with van der Waals surface area (Å²) in [5.41, 5.74) is 1.14. The molecule has 0 bridgehead atoms. The molecule has 0 radical (unpaired) electrons. The van der Waals surface area contributed by atoms with Gasteiger partial charge in [0.2, 0.25) is 11.8 Å². The van der Waals surface area contributed by atoms with Gasteiger partial charge in [-0.05, 0) is 37.0 Å². The van der Waals surface area contributed by atoms with E-state index in [1.165, 1.54) is 31.0 Å². The molecule has 0 atom stereocenters. The molecule has 0 spiro atoms. The minimum absolute atomic E-state index is 0.0311. The van der Waals surface area contributed by atoms with Crippen LogP contribution in [0.1, 0.15) is 49.5 Å². The quantitative estimate of drug-likeness (QED) is 0.729. The van der Waals surface area contributed by atoms with E-state index in [1.54, 1.807) is 0 Å². The van der Waals surface area contributed by atoms with Crippen LogP contribution in [0.2, 0.25) is 5.02 Å². The second-order valence-electron chi connectivity index (χ2n) is 6.26. The van der Waals surface area contributed by atoms with Gasteiger partial charge in [0.05, 0.1) is 5.75 Å². The summed E-state index contributed by atoms with van der Waals surface area (Å²) in [6, 6.07) is 7.64. The average Bonchev–Trinajstić information content (AvgIpc) is 3.11. The highest BCUT2D eigenvalue weighted by Gasteiger charge is 2.21. The molecule has 2 aromatic rings. The topological polar surface area (TPSA) is 68.0 Å². The zero-order chi connectivity index (χ0) is 17.5. The fourth-order valence-electron chi connectivity index (χ4n) is 2.97. The lowest BCUT2D eigenvalue weighted by molar-refractivity contribution is -0.118. The highest BCUT2D eigenvalue weighted by atomic mass is 35.5. The number of carbonyl (C=O) groups excluding carboxylic acids is 1. The summed E-state index contributed by atoms with van der Waals surface area (Å²) in [5.74, 6) is 1.37. The van der Waals surface area contributed by atoms with E-state index in [4.69, 9.17) is 16.0 Å². The minimum Gasteiger partial charge on any atom is -0.416 e. The molecule has 1 aliphatic rings. The zero-order valence-corrected chi connectivity index (χ0v) is 15.6. The smallest absolute Gasteiger partial charge is 0.277 e. The Morgan fingerprint density at radius 2 is 1.96 bits per heavy atom. The summed E-state index contributed by atoms with van der Waals surface area (Å²) in [6.07, 6.45) is 6.77. The van der Waals surface area contributed by atoms with Crippen LogP contribution in [0.15, 0.2) is 33.9 Å². The van der Waals surface area contributed by atoms with Crippen molar-refractivity contribution >= 4 is 29.3 Å². The lowest BCUT2D eigenvalue weighted by atomic mass is 9.89. The summed E-state index contributed by atoms with van der Waals surface area (Å²) in [6.45, 7) is 0.595. The molecule has 0 saturated heterocycles.